The Morgan fingerprint density at radius 2 is 1.71 bits per heavy atom. The van der Waals surface area contributed by atoms with Gasteiger partial charge in [-0.2, -0.15) is 13.2 Å². The number of nitrogens with one attached hydrogen (secondary N) is 1. The van der Waals surface area contributed by atoms with E-state index in [1.807, 2.05) is 0 Å². The standard InChI is InChI=1S/C15H15F3N2O3S/c1-9-4-5-11(7-12(9)15(16,17)18)24(22,23)19-13-8-20(3)14(21)6-10(13)2/h4-8,19H,1-3H3. The summed E-state index contributed by atoms with van der Waals surface area (Å²) in [5.74, 6) is 0. The molecule has 1 aromatic heterocycles. The Bertz CT molecular complexity index is 947. The van der Waals surface area contributed by atoms with Gasteiger partial charge in [0.15, 0.2) is 0 Å². The first-order chi connectivity index (χ1) is 10.9. The molecule has 0 saturated carbocycles. The average molecular weight is 360 g/mol. The molecule has 0 aliphatic carbocycles. The van der Waals surface area contributed by atoms with E-state index in [-0.39, 0.29) is 16.8 Å². The van der Waals surface area contributed by atoms with Crippen molar-refractivity contribution in [3.63, 3.8) is 0 Å². The normalized spacial score (nSPS) is 12.2. The Morgan fingerprint density at radius 1 is 1.08 bits per heavy atom. The number of hydrogen-bond donors (Lipinski definition) is 1. The topological polar surface area (TPSA) is 68.2 Å². The lowest BCUT2D eigenvalue weighted by molar-refractivity contribution is -0.138. The van der Waals surface area contributed by atoms with E-state index in [0.717, 1.165) is 12.1 Å². The van der Waals surface area contributed by atoms with Crippen molar-refractivity contribution in [2.45, 2.75) is 24.9 Å². The fraction of sp³-hybridized carbons (Fsp3) is 0.267. The lowest BCUT2D eigenvalue weighted by Crippen LogP contribution is -2.20. The lowest BCUT2D eigenvalue weighted by Gasteiger charge is -2.14. The number of aryl methyl sites for hydroxylation is 3. The summed E-state index contributed by atoms with van der Waals surface area (Å²) in [4.78, 5) is 11.0. The number of nitrogens with zero attached hydrogens (tertiary/aromatic N) is 1. The Labute approximate surface area is 136 Å². The van der Waals surface area contributed by atoms with Gasteiger partial charge in [-0.25, -0.2) is 8.42 Å². The first-order valence-electron chi connectivity index (χ1n) is 6.80. The van der Waals surface area contributed by atoms with Crippen LogP contribution in [0, 0.1) is 13.8 Å². The molecule has 2 aromatic rings. The average Bonchev–Trinajstić information content (AvgIpc) is 2.43. The highest BCUT2D eigenvalue weighted by Gasteiger charge is 2.33. The Hall–Kier alpha value is -2.29. The molecule has 9 heteroatoms. The monoisotopic (exact) mass is 360 g/mol. The molecule has 0 amide bonds. The van der Waals surface area contributed by atoms with Crippen molar-refractivity contribution in [2.24, 2.45) is 7.05 Å². The third-order valence-corrected chi connectivity index (χ3v) is 4.87. The van der Waals surface area contributed by atoms with Gasteiger partial charge in [0.1, 0.15) is 0 Å². The lowest BCUT2D eigenvalue weighted by atomic mass is 10.1. The van der Waals surface area contributed by atoms with Crippen LogP contribution in [0.15, 0.2) is 40.2 Å². The van der Waals surface area contributed by atoms with E-state index >= 15 is 0 Å². The number of rotatable bonds is 3. The molecule has 130 valence electrons. The quantitative estimate of drug-likeness (QED) is 0.915. The molecule has 1 aromatic carbocycles. The zero-order valence-electron chi connectivity index (χ0n) is 13.1. The van der Waals surface area contributed by atoms with Gasteiger partial charge in [0.05, 0.1) is 16.1 Å². The molecule has 0 fully saturated rings. The van der Waals surface area contributed by atoms with Gasteiger partial charge in [0.25, 0.3) is 15.6 Å². The maximum Gasteiger partial charge on any atom is 0.416 e. The third kappa shape index (κ3) is 3.61. The first-order valence-corrected chi connectivity index (χ1v) is 8.28. The van der Waals surface area contributed by atoms with Gasteiger partial charge >= 0.3 is 6.18 Å². The predicted molar refractivity (Wildman–Crippen MR) is 83.4 cm³/mol. The van der Waals surface area contributed by atoms with Gasteiger partial charge in [-0.3, -0.25) is 9.52 Å². The number of hydrogen-bond acceptors (Lipinski definition) is 3. The second kappa shape index (κ2) is 5.97. The van der Waals surface area contributed by atoms with E-state index in [9.17, 15) is 26.4 Å². The molecule has 24 heavy (non-hydrogen) atoms. The summed E-state index contributed by atoms with van der Waals surface area (Å²) in [7, 11) is -2.79. The zero-order valence-corrected chi connectivity index (χ0v) is 13.9. The van der Waals surface area contributed by atoms with Crippen molar-refractivity contribution in [1.82, 2.24) is 4.57 Å². The predicted octanol–water partition coefficient (Wildman–Crippen LogP) is 2.82. The molecule has 2 rings (SSSR count). The minimum absolute atomic E-state index is 0.0697. The van der Waals surface area contributed by atoms with Gasteiger partial charge in [-0.1, -0.05) is 6.07 Å². The summed E-state index contributed by atoms with van der Waals surface area (Å²) < 4.78 is 67.0. The Morgan fingerprint density at radius 3 is 2.29 bits per heavy atom. The van der Waals surface area contributed by atoms with Gasteiger partial charge in [0, 0.05) is 19.3 Å². The summed E-state index contributed by atoms with van der Waals surface area (Å²) in [5.41, 5.74) is -0.927. The Balaban J connectivity index is 2.49. The van der Waals surface area contributed by atoms with Crippen LogP contribution in [0.5, 0.6) is 0 Å². The smallest absolute Gasteiger partial charge is 0.316 e. The van der Waals surface area contributed by atoms with Gasteiger partial charge in [-0.05, 0) is 37.1 Å². The number of pyridine rings is 1. The van der Waals surface area contributed by atoms with Gasteiger partial charge in [0.2, 0.25) is 0 Å². The van der Waals surface area contributed by atoms with Crippen LogP contribution in [0.2, 0.25) is 0 Å². The minimum Gasteiger partial charge on any atom is -0.316 e. The highest BCUT2D eigenvalue weighted by atomic mass is 32.2. The fourth-order valence-electron chi connectivity index (χ4n) is 2.11. The molecule has 0 radical (unpaired) electrons. The van der Waals surface area contributed by atoms with E-state index in [1.165, 1.54) is 37.7 Å². The van der Waals surface area contributed by atoms with E-state index in [2.05, 4.69) is 4.72 Å². The van der Waals surface area contributed by atoms with Crippen LogP contribution in [0.25, 0.3) is 0 Å². The largest absolute Gasteiger partial charge is 0.416 e. The molecule has 0 spiro atoms. The third-order valence-electron chi connectivity index (χ3n) is 3.50. The molecule has 0 atom stereocenters. The zero-order chi connectivity index (χ0) is 18.3. The number of sulfonamides is 1. The molecule has 0 aliphatic rings. The van der Waals surface area contributed by atoms with Crippen LogP contribution in [0.1, 0.15) is 16.7 Å². The summed E-state index contributed by atoms with van der Waals surface area (Å²) in [5, 5.41) is 0. The molecular formula is C15H15F3N2O3S. The summed E-state index contributed by atoms with van der Waals surface area (Å²) in [6.07, 6.45) is -3.38. The summed E-state index contributed by atoms with van der Waals surface area (Å²) in [6.45, 7) is 2.78. The van der Waals surface area contributed by atoms with Crippen molar-refractivity contribution >= 4 is 15.7 Å². The van der Waals surface area contributed by atoms with Crippen LogP contribution in [-0.2, 0) is 23.2 Å². The molecule has 1 N–H and O–H groups in total. The number of benzene rings is 1. The van der Waals surface area contributed by atoms with Gasteiger partial charge in [-0.15, -0.1) is 0 Å². The van der Waals surface area contributed by atoms with Crippen LogP contribution >= 0.6 is 0 Å². The number of halogens is 3. The SMILES string of the molecule is Cc1cc(=O)n(C)cc1NS(=O)(=O)c1ccc(C)c(C(F)(F)F)c1. The molecule has 1 heterocycles. The van der Waals surface area contributed by atoms with E-state index in [4.69, 9.17) is 0 Å². The van der Waals surface area contributed by atoms with Crippen molar-refractivity contribution in [2.75, 3.05) is 4.72 Å². The van der Waals surface area contributed by atoms with Crippen LogP contribution in [0.3, 0.4) is 0 Å². The fourth-order valence-corrected chi connectivity index (χ4v) is 3.25. The van der Waals surface area contributed by atoms with Crippen LogP contribution < -0.4 is 10.3 Å². The van der Waals surface area contributed by atoms with Crippen molar-refractivity contribution in [3.8, 4) is 0 Å². The van der Waals surface area contributed by atoms with E-state index in [0.29, 0.717) is 11.6 Å². The second-order valence-electron chi connectivity index (χ2n) is 5.40. The first kappa shape index (κ1) is 18.1. The molecule has 5 nitrogen and oxygen atoms in total. The molecule has 0 saturated heterocycles. The highest BCUT2D eigenvalue weighted by molar-refractivity contribution is 7.92. The molecule has 0 bridgehead atoms. The summed E-state index contributed by atoms with van der Waals surface area (Å²) in [6, 6.07) is 4.03. The van der Waals surface area contributed by atoms with Crippen molar-refractivity contribution in [1.29, 1.82) is 0 Å². The molecule has 0 aliphatic heterocycles. The minimum atomic E-state index is -4.65. The maximum atomic E-state index is 13.0. The van der Waals surface area contributed by atoms with E-state index < -0.39 is 26.7 Å². The highest BCUT2D eigenvalue weighted by Crippen LogP contribution is 2.33. The number of aromatic nitrogens is 1. The maximum absolute atomic E-state index is 13.0. The van der Waals surface area contributed by atoms with Crippen molar-refractivity contribution < 1.29 is 21.6 Å². The van der Waals surface area contributed by atoms with Crippen LogP contribution in [0.4, 0.5) is 18.9 Å². The summed E-state index contributed by atoms with van der Waals surface area (Å²) >= 11 is 0. The van der Waals surface area contributed by atoms with Crippen LogP contribution in [-0.4, -0.2) is 13.0 Å². The molecular weight excluding hydrogens is 345 g/mol. The van der Waals surface area contributed by atoms with Crippen molar-refractivity contribution in [3.05, 3.63) is 57.5 Å². The Kier molecular flexibility index (Phi) is 4.49. The number of anilines is 1. The number of alkyl halides is 3. The van der Waals surface area contributed by atoms with E-state index in [1.54, 1.807) is 0 Å². The second-order valence-corrected chi connectivity index (χ2v) is 7.08. The molecule has 0 unspecified atom stereocenters. The van der Waals surface area contributed by atoms with Gasteiger partial charge < -0.3 is 4.57 Å².